The number of hydrogen-bond acceptors (Lipinski definition) is 3. The molecular weight excluding hydrogens is 235 g/mol. The highest BCUT2D eigenvalue weighted by molar-refractivity contribution is 5.62. The monoisotopic (exact) mass is 250 g/mol. The number of carbonyl (C=O) groups excluding carboxylic acids is 1. The highest BCUT2D eigenvalue weighted by Crippen LogP contribution is 2.39. The van der Waals surface area contributed by atoms with Crippen LogP contribution in [0.2, 0.25) is 0 Å². The van der Waals surface area contributed by atoms with Gasteiger partial charge in [-0.3, -0.25) is 4.79 Å². The maximum Gasteiger partial charge on any atom is 0.209 e. The number of hydrogen-bond donors (Lipinski definition) is 1. The average Bonchev–Trinajstić information content (AvgIpc) is 2.63. The van der Waals surface area contributed by atoms with Crippen molar-refractivity contribution in [3.63, 3.8) is 0 Å². The summed E-state index contributed by atoms with van der Waals surface area (Å²) in [6, 6.07) is 4.96. The molecule has 2 bridgehead atoms. The van der Waals surface area contributed by atoms with Crippen molar-refractivity contribution in [3.8, 4) is 5.75 Å². The number of benzene rings is 1. The molecule has 2 unspecified atom stereocenters. The van der Waals surface area contributed by atoms with Gasteiger partial charge < -0.3 is 14.9 Å². The van der Waals surface area contributed by atoms with E-state index in [1.165, 1.54) is 6.07 Å². The third-order valence-corrected chi connectivity index (χ3v) is 3.90. The number of phenols is 1. The fourth-order valence-corrected chi connectivity index (χ4v) is 3.13. The van der Waals surface area contributed by atoms with E-state index in [4.69, 9.17) is 0 Å². The number of phenolic OH excluding ortho intramolecular Hbond substituents is 1. The van der Waals surface area contributed by atoms with Crippen LogP contribution in [-0.2, 0) is 4.79 Å². The van der Waals surface area contributed by atoms with E-state index in [1.54, 1.807) is 17.0 Å². The lowest BCUT2D eigenvalue weighted by Crippen LogP contribution is -2.53. The summed E-state index contributed by atoms with van der Waals surface area (Å²) in [5, 5.41) is 9.84. The van der Waals surface area contributed by atoms with E-state index in [0.717, 1.165) is 19.3 Å². The fourth-order valence-electron chi connectivity index (χ4n) is 3.13. The number of nitrogens with zero attached hydrogens (tertiary/aromatic N) is 2. The van der Waals surface area contributed by atoms with Crippen LogP contribution in [0.15, 0.2) is 18.2 Å². The maximum absolute atomic E-state index is 13.4. The molecule has 4 nitrogen and oxygen atoms in total. The fraction of sp³-hybridized carbons (Fsp3) is 0.462. The van der Waals surface area contributed by atoms with Crippen LogP contribution in [0.25, 0.3) is 0 Å². The number of halogens is 1. The number of likely N-dealkylation sites (tertiary alicyclic amines) is 1. The molecule has 2 heterocycles. The Labute approximate surface area is 105 Å². The third kappa shape index (κ3) is 1.62. The molecule has 5 heteroatoms. The standard InChI is InChI=1S/C13H15FN2O2/c14-11-2-1-3-12(13(11)18)16-9-4-5-10(16)7-15(6-9)8-17/h1-3,8-10,18H,4-7H2. The lowest BCUT2D eigenvalue weighted by Gasteiger charge is -2.41. The molecule has 0 radical (unpaired) electrons. The van der Waals surface area contributed by atoms with Crippen LogP contribution < -0.4 is 4.90 Å². The van der Waals surface area contributed by atoms with Gasteiger partial charge in [0.25, 0.3) is 0 Å². The van der Waals surface area contributed by atoms with Crippen molar-refractivity contribution in [2.24, 2.45) is 0 Å². The molecule has 2 saturated heterocycles. The molecule has 1 aromatic rings. The predicted molar refractivity (Wildman–Crippen MR) is 65.0 cm³/mol. The van der Waals surface area contributed by atoms with Gasteiger partial charge >= 0.3 is 0 Å². The summed E-state index contributed by atoms with van der Waals surface area (Å²) in [6.45, 7) is 1.30. The van der Waals surface area contributed by atoms with Crippen LogP contribution in [-0.4, -0.2) is 41.6 Å². The summed E-state index contributed by atoms with van der Waals surface area (Å²) in [5.74, 6) is -0.876. The highest BCUT2D eigenvalue weighted by atomic mass is 19.1. The van der Waals surface area contributed by atoms with E-state index >= 15 is 0 Å². The Balaban J connectivity index is 1.94. The number of amides is 1. The highest BCUT2D eigenvalue weighted by Gasteiger charge is 2.40. The lowest BCUT2D eigenvalue weighted by molar-refractivity contribution is -0.119. The molecule has 2 fully saturated rings. The molecule has 1 aromatic carbocycles. The molecule has 2 aliphatic rings. The molecule has 1 N–H and O–H groups in total. The van der Waals surface area contributed by atoms with Crippen LogP contribution in [0.5, 0.6) is 5.75 Å². The number of fused-ring (bicyclic) bond motifs is 2. The molecule has 2 atom stereocenters. The quantitative estimate of drug-likeness (QED) is 0.806. The maximum atomic E-state index is 13.4. The number of aromatic hydroxyl groups is 1. The van der Waals surface area contributed by atoms with Gasteiger partial charge in [0.2, 0.25) is 6.41 Å². The van der Waals surface area contributed by atoms with Crippen molar-refractivity contribution in [1.29, 1.82) is 0 Å². The molecule has 3 rings (SSSR count). The third-order valence-electron chi connectivity index (χ3n) is 3.90. The van der Waals surface area contributed by atoms with Gasteiger partial charge in [-0.25, -0.2) is 4.39 Å². The van der Waals surface area contributed by atoms with Gasteiger partial charge in [-0.15, -0.1) is 0 Å². The number of rotatable bonds is 2. The zero-order chi connectivity index (χ0) is 12.7. The summed E-state index contributed by atoms with van der Waals surface area (Å²) in [6.07, 6.45) is 2.82. The van der Waals surface area contributed by atoms with E-state index in [0.29, 0.717) is 18.8 Å². The lowest BCUT2D eigenvalue weighted by atomic mass is 10.1. The average molecular weight is 250 g/mol. The van der Waals surface area contributed by atoms with Crippen LogP contribution in [0.4, 0.5) is 10.1 Å². The van der Waals surface area contributed by atoms with Gasteiger partial charge in [-0.1, -0.05) is 6.07 Å². The zero-order valence-corrected chi connectivity index (χ0v) is 9.92. The van der Waals surface area contributed by atoms with Crippen molar-refractivity contribution in [1.82, 2.24) is 4.90 Å². The first-order valence-corrected chi connectivity index (χ1v) is 6.16. The summed E-state index contributed by atoms with van der Waals surface area (Å²) in [7, 11) is 0. The van der Waals surface area contributed by atoms with Crippen molar-refractivity contribution < 1.29 is 14.3 Å². The van der Waals surface area contributed by atoms with Gasteiger partial charge in [0.05, 0.1) is 5.69 Å². The van der Waals surface area contributed by atoms with E-state index in [2.05, 4.69) is 4.90 Å². The number of anilines is 1. The van der Waals surface area contributed by atoms with Crippen LogP contribution in [0.3, 0.4) is 0 Å². The van der Waals surface area contributed by atoms with Gasteiger partial charge in [0.15, 0.2) is 11.6 Å². The van der Waals surface area contributed by atoms with Gasteiger partial charge in [-0.2, -0.15) is 0 Å². The molecule has 2 aliphatic heterocycles. The predicted octanol–water partition coefficient (Wildman–Crippen LogP) is 1.34. The second-order valence-corrected chi connectivity index (χ2v) is 4.96. The van der Waals surface area contributed by atoms with Crippen molar-refractivity contribution in [2.45, 2.75) is 24.9 Å². The van der Waals surface area contributed by atoms with E-state index < -0.39 is 5.82 Å². The van der Waals surface area contributed by atoms with E-state index in [9.17, 15) is 14.3 Å². The Kier molecular flexibility index (Phi) is 2.61. The van der Waals surface area contributed by atoms with E-state index in [1.807, 2.05) is 0 Å². The number of para-hydroxylation sites is 1. The summed E-state index contributed by atoms with van der Waals surface area (Å²) in [4.78, 5) is 14.7. The first kappa shape index (κ1) is 11.3. The normalized spacial score (nSPS) is 26.5. The van der Waals surface area contributed by atoms with Crippen LogP contribution >= 0.6 is 0 Å². The Morgan fingerprint density at radius 3 is 2.56 bits per heavy atom. The Hall–Kier alpha value is -1.78. The summed E-state index contributed by atoms with van der Waals surface area (Å²) >= 11 is 0. The molecule has 0 aromatic heterocycles. The Morgan fingerprint density at radius 1 is 1.28 bits per heavy atom. The van der Waals surface area contributed by atoms with Crippen LogP contribution in [0.1, 0.15) is 12.8 Å². The van der Waals surface area contributed by atoms with E-state index in [-0.39, 0.29) is 17.8 Å². The molecule has 96 valence electrons. The molecule has 0 spiro atoms. The smallest absolute Gasteiger partial charge is 0.209 e. The Morgan fingerprint density at radius 2 is 1.94 bits per heavy atom. The van der Waals surface area contributed by atoms with Gasteiger partial charge in [0.1, 0.15) is 0 Å². The van der Waals surface area contributed by atoms with Crippen molar-refractivity contribution >= 4 is 12.1 Å². The summed E-state index contributed by atoms with van der Waals surface area (Å²) in [5.41, 5.74) is 0.549. The Bertz CT molecular complexity index is 466. The minimum atomic E-state index is -0.593. The first-order valence-electron chi connectivity index (χ1n) is 6.16. The van der Waals surface area contributed by atoms with Crippen molar-refractivity contribution in [3.05, 3.63) is 24.0 Å². The first-order chi connectivity index (χ1) is 8.70. The van der Waals surface area contributed by atoms with Gasteiger partial charge in [-0.05, 0) is 25.0 Å². The van der Waals surface area contributed by atoms with Crippen LogP contribution in [0, 0.1) is 5.82 Å². The molecule has 18 heavy (non-hydrogen) atoms. The number of piperazine rings is 1. The SMILES string of the molecule is O=CN1CC2CCC(C1)N2c1cccc(F)c1O. The molecule has 0 saturated carbocycles. The minimum absolute atomic E-state index is 0.182. The molecular formula is C13H15FN2O2. The molecule has 0 aliphatic carbocycles. The zero-order valence-electron chi connectivity index (χ0n) is 9.92. The minimum Gasteiger partial charge on any atom is -0.503 e. The summed E-state index contributed by atoms with van der Waals surface area (Å²) < 4.78 is 13.4. The van der Waals surface area contributed by atoms with Crippen molar-refractivity contribution in [2.75, 3.05) is 18.0 Å². The number of carbonyl (C=O) groups is 1. The second-order valence-electron chi connectivity index (χ2n) is 4.96. The topological polar surface area (TPSA) is 43.8 Å². The second kappa shape index (κ2) is 4.15. The van der Waals surface area contributed by atoms with Gasteiger partial charge in [0, 0.05) is 25.2 Å². The molecule has 1 amide bonds. The largest absolute Gasteiger partial charge is 0.503 e.